The fourth-order valence-corrected chi connectivity index (χ4v) is 5.25. The maximum Gasteiger partial charge on any atom is 0.264 e. The smallest absolute Gasteiger partial charge is 0.264 e. The minimum atomic E-state index is -4.25. The molecular formula is C29H34FN3O5S. The van der Waals surface area contributed by atoms with Crippen molar-refractivity contribution in [1.82, 2.24) is 10.2 Å². The number of carbonyl (C=O) groups is 2. The molecule has 8 nitrogen and oxygen atoms in total. The summed E-state index contributed by atoms with van der Waals surface area (Å²) < 4.78 is 47.0. The maximum atomic E-state index is 13.8. The van der Waals surface area contributed by atoms with Crippen LogP contribution in [-0.2, 0) is 26.2 Å². The molecule has 0 unspecified atom stereocenters. The van der Waals surface area contributed by atoms with Gasteiger partial charge in [-0.1, -0.05) is 37.3 Å². The van der Waals surface area contributed by atoms with Gasteiger partial charge in [0.1, 0.15) is 24.2 Å². The summed E-state index contributed by atoms with van der Waals surface area (Å²) in [7, 11) is -2.70. The summed E-state index contributed by atoms with van der Waals surface area (Å²) in [4.78, 5) is 28.1. The summed E-state index contributed by atoms with van der Waals surface area (Å²) in [5, 5.41) is 2.89. The van der Waals surface area contributed by atoms with Crippen LogP contribution in [0.4, 0.5) is 10.1 Å². The second kappa shape index (κ2) is 13.2. The Morgan fingerprint density at radius 3 is 2.13 bits per heavy atom. The Bertz CT molecular complexity index is 1350. The molecule has 208 valence electrons. The maximum absolute atomic E-state index is 13.8. The molecule has 0 radical (unpaired) electrons. The fourth-order valence-electron chi connectivity index (χ4n) is 3.83. The topological polar surface area (TPSA) is 96.0 Å². The van der Waals surface area contributed by atoms with Crippen LogP contribution in [0.25, 0.3) is 0 Å². The lowest BCUT2D eigenvalue weighted by Crippen LogP contribution is -2.52. The summed E-state index contributed by atoms with van der Waals surface area (Å²) >= 11 is 0. The standard InChI is InChI=1S/C29H34FN3O5S/c1-5-21(2)31-29(35)22(3)32(19-23-11-15-26(38-4)16-12-23)28(34)20-33(25-9-7-6-8-10-25)39(36,37)27-17-13-24(30)14-18-27/h6-18,21-22H,5,19-20H2,1-4H3,(H,31,35)/t21-,22+/m0/s1. The third-order valence-corrected chi connectivity index (χ3v) is 8.19. The highest BCUT2D eigenvalue weighted by Gasteiger charge is 2.32. The Morgan fingerprint density at radius 1 is 0.949 bits per heavy atom. The van der Waals surface area contributed by atoms with Crippen molar-refractivity contribution in [2.24, 2.45) is 0 Å². The van der Waals surface area contributed by atoms with Gasteiger partial charge in [-0.2, -0.15) is 0 Å². The Labute approximate surface area is 229 Å². The molecule has 0 aromatic heterocycles. The molecule has 0 saturated heterocycles. The van der Waals surface area contributed by atoms with Crippen LogP contribution in [-0.4, -0.2) is 50.9 Å². The summed E-state index contributed by atoms with van der Waals surface area (Å²) in [6.45, 7) is 4.92. The van der Waals surface area contributed by atoms with Crippen molar-refractivity contribution >= 4 is 27.5 Å². The Balaban J connectivity index is 1.99. The zero-order chi connectivity index (χ0) is 28.6. The van der Waals surface area contributed by atoms with Gasteiger partial charge in [0.05, 0.1) is 17.7 Å². The van der Waals surface area contributed by atoms with Gasteiger partial charge in [-0.05, 0) is 74.4 Å². The number of anilines is 1. The van der Waals surface area contributed by atoms with Gasteiger partial charge in [-0.3, -0.25) is 13.9 Å². The van der Waals surface area contributed by atoms with Crippen molar-refractivity contribution in [2.45, 2.75) is 50.7 Å². The lowest BCUT2D eigenvalue weighted by molar-refractivity contribution is -0.139. The van der Waals surface area contributed by atoms with Crippen LogP contribution in [0.1, 0.15) is 32.8 Å². The predicted molar refractivity (Wildman–Crippen MR) is 148 cm³/mol. The quantitative estimate of drug-likeness (QED) is 0.358. The zero-order valence-electron chi connectivity index (χ0n) is 22.5. The average Bonchev–Trinajstić information content (AvgIpc) is 2.94. The first-order valence-corrected chi connectivity index (χ1v) is 14.1. The van der Waals surface area contributed by atoms with E-state index in [2.05, 4.69) is 5.32 Å². The van der Waals surface area contributed by atoms with Crippen molar-refractivity contribution < 1.29 is 27.1 Å². The molecule has 2 amide bonds. The van der Waals surface area contributed by atoms with Gasteiger partial charge < -0.3 is 15.0 Å². The molecule has 0 saturated carbocycles. The Morgan fingerprint density at radius 2 is 1.56 bits per heavy atom. The molecule has 0 aliphatic carbocycles. The molecule has 10 heteroatoms. The van der Waals surface area contributed by atoms with E-state index in [1.165, 1.54) is 4.90 Å². The first kappa shape index (κ1) is 29.6. The highest BCUT2D eigenvalue weighted by Crippen LogP contribution is 2.25. The molecule has 39 heavy (non-hydrogen) atoms. The molecule has 0 aliphatic rings. The van der Waals surface area contributed by atoms with Crippen molar-refractivity contribution in [2.75, 3.05) is 18.0 Å². The number of methoxy groups -OCH3 is 1. The first-order valence-electron chi connectivity index (χ1n) is 12.6. The zero-order valence-corrected chi connectivity index (χ0v) is 23.3. The number of rotatable bonds is 12. The number of nitrogens with zero attached hydrogens (tertiary/aromatic N) is 2. The monoisotopic (exact) mass is 555 g/mol. The molecule has 0 heterocycles. The molecule has 1 N–H and O–H groups in total. The minimum absolute atomic E-state index is 0.0666. The number of para-hydroxylation sites is 1. The summed E-state index contributed by atoms with van der Waals surface area (Å²) in [5.74, 6) is -0.867. The third-order valence-electron chi connectivity index (χ3n) is 6.40. The molecule has 0 aliphatic heterocycles. The molecule has 0 fully saturated rings. The highest BCUT2D eigenvalue weighted by atomic mass is 32.2. The lowest BCUT2D eigenvalue weighted by Gasteiger charge is -2.32. The highest BCUT2D eigenvalue weighted by molar-refractivity contribution is 7.92. The third kappa shape index (κ3) is 7.57. The van der Waals surface area contributed by atoms with E-state index in [1.807, 2.05) is 13.8 Å². The Kier molecular flexibility index (Phi) is 10.1. The lowest BCUT2D eigenvalue weighted by atomic mass is 10.1. The SMILES string of the molecule is CC[C@H](C)NC(=O)[C@@H](C)N(Cc1ccc(OC)cc1)C(=O)CN(c1ccccc1)S(=O)(=O)c1ccc(F)cc1. The number of amides is 2. The van der Waals surface area contributed by atoms with E-state index < -0.39 is 34.3 Å². The largest absolute Gasteiger partial charge is 0.497 e. The summed E-state index contributed by atoms with van der Waals surface area (Å²) in [5.41, 5.74) is 0.997. The molecule has 0 spiro atoms. The average molecular weight is 556 g/mol. The van der Waals surface area contributed by atoms with Gasteiger partial charge in [0.2, 0.25) is 11.8 Å². The van der Waals surface area contributed by atoms with Crippen molar-refractivity contribution in [3.05, 3.63) is 90.2 Å². The minimum Gasteiger partial charge on any atom is -0.497 e. The van der Waals surface area contributed by atoms with Crippen LogP contribution < -0.4 is 14.4 Å². The van der Waals surface area contributed by atoms with E-state index in [0.717, 1.165) is 34.1 Å². The number of halogens is 1. The van der Waals surface area contributed by atoms with Gasteiger partial charge in [0.15, 0.2) is 0 Å². The van der Waals surface area contributed by atoms with Gasteiger partial charge >= 0.3 is 0 Å². The van der Waals surface area contributed by atoms with Crippen molar-refractivity contribution in [1.29, 1.82) is 0 Å². The van der Waals surface area contributed by atoms with E-state index >= 15 is 0 Å². The summed E-state index contributed by atoms with van der Waals surface area (Å²) in [6.07, 6.45) is 0.711. The normalized spacial score (nSPS) is 12.7. The number of sulfonamides is 1. The van der Waals surface area contributed by atoms with Crippen LogP contribution >= 0.6 is 0 Å². The van der Waals surface area contributed by atoms with E-state index in [9.17, 15) is 22.4 Å². The molecule has 3 aromatic rings. The molecule has 3 aromatic carbocycles. The van der Waals surface area contributed by atoms with E-state index in [-0.39, 0.29) is 29.1 Å². The van der Waals surface area contributed by atoms with Gasteiger partial charge in [-0.25, -0.2) is 12.8 Å². The number of carbonyl (C=O) groups excluding carboxylic acids is 2. The second-order valence-corrected chi connectivity index (χ2v) is 11.0. The van der Waals surface area contributed by atoms with E-state index in [4.69, 9.17) is 4.74 Å². The van der Waals surface area contributed by atoms with Crippen molar-refractivity contribution in [3.63, 3.8) is 0 Å². The second-order valence-electron chi connectivity index (χ2n) is 9.16. The number of ether oxygens (including phenoxy) is 1. The van der Waals surface area contributed by atoms with Crippen LogP contribution in [0, 0.1) is 5.82 Å². The van der Waals surface area contributed by atoms with Crippen LogP contribution in [0.5, 0.6) is 5.75 Å². The van der Waals surface area contributed by atoms with Crippen molar-refractivity contribution in [3.8, 4) is 5.75 Å². The number of benzene rings is 3. The first-order chi connectivity index (χ1) is 18.6. The number of hydrogen-bond acceptors (Lipinski definition) is 5. The van der Waals surface area contributed by atoms with Crippen LogP contribution in [0.3, 0.4) is 0 Å². The molecule has 2 atom stereocenters. The van der Waals surface area contributed by atoms with Gasteiger partial charge in [0.25, 0.3) is 10.0 Å². The molecule has 0 bridgehead atoms. The fraction of sp³-hybridized carbons (Fsp3) is 0.310. The summed E-state index contributed by atoms with van der Waals surface area (Å²) in [6, 6.07) is 18.7. The Hall–Kier alpha value is -3.92. The van der Waals surface area contributed by atoms with E-state index in [1.54, 1.807) is 68.6 Å². The molecular weight excluding hydrogens is 521 g/mol. The van der Waals surface area contributed by atoms with E-state index in [0.29, 0.717) is 12.2 Å². The van der Waals surface area contributed by atoms with Gasteiger partial charge in [-0.15, -0.1) is 0 Å². The van der Waals surface area contributed by atoms with Crippen LogP contribution in [0.15, 0.2) is 83.8 Å². The number of hydrogen-bond donors (Lipinski definition) is 1. The van der Waals surface area contributed by atoms with Crippen LogP contribution in [0.2, 0.25) is 0 Å². The molecule has 3 rings (SSSR count). The predicted octanol–water partition coefficient (Wildman–Crippen LogP) is 4.36. The number of nitrogens with one attached hydrogen (secondary N) is 1. The van der Waals surface area contributed by atoms with Gasteiger partial charge in [0, 0.05) is 12.6 Å².